The largest absolute Gasteiger partial charge is 0.469 e. The standard InChI is InChI=1S/C14H15BrO4/c1-17-5(16)4-12-6-9-7(12)11-8(12)10(6)13(9,15)14(11)18-2-3-19-14/h6-11H,2-4H2,1H3/t6?,7-,8+,9+,10-,11?,12?,13?. The fourth-order valence-electron chi connectivity index (χ4n) is 7.52. The van der Waals surface area contributed by atoms with Crippen LogP contribution in [0.25, 0.3) is 0 Å². The number of halogens is 1. The van der Waals surface area contributed by atoms with Crippen LogP contribution in [0, 0.1) is 40.9 Å². The summed E-state index contributed by atoms with van der Waals surface area (Å²) < 4.78 is 17.2. The average Bonchev–Trinajstić information content (AvgIpc) is 2.95. The van der Waals surface area contributed by atoms with Gasteiger partial charge in [0.1, 0.15) is 0 Å². The van der Waals surface area contributed by atoms with Gasteiger partial charge in [-0.2, -0.15) is 0 Å². The van der Waals surface area contributed by atoms with Crippen LogP contribution in [0.15, 0.2) is 0 Å². The minimum absolute atomic E-state index is 0.0402. The highest BCUT2D eigenvalue weighted by atomic mass is 79.9. The molecule has 7 rings (SSSR count). The number of hydrogen-bond donors (Lipinski definition) is 0. The smallest absolute Gasteiger partial charge is 0.306 e. The first kappa shape index (κ1) is 10.6. The van der Waals surface area contributed by atoms with Crippen LogP contribution < -0.4 is 0 Å². The van der Waals surface area contributed by atoms with E-state index in [-0.39, 0.29) is 21.5 Å². The fourth-order valence-corrected chi connectivity index (χ4v) is 9.15. The van der Waals surface area contributed by atoms with Gasteiger partial charge >= 0.3 is 5.97 Å². The third-order valence-electron chi connectivity index (χ3n) is 7.52. The Hall–Kier alpha value is -0.130. The maximum Gasteiger partial charge on any atom is 0.306 e. The molecule has 1 spiro atoms. The molecule has 0 radical (unpaired) electrons. The maximum atomic E-state index is 11.7. The van der Waals surface area contributed by atoms with Crippen molar-refractivity contribution in [3.63, 3.8) is 0 Å². The van der Waals surface area contributed by atoms with Crippen LogP contribution in [0.3, 0.4) is 0 Å². The minimum atomic E-state index is -0.357. The number of esters is 1. The summed E-state index contributed by atoms with van der Waals surface area (Å²) in [6.07, 6.45) is 0.617. The van der Waals surface area contributed by atoms with Crippen molar-refractivity contribution in [1.29, 1.82) is 0 Å². The summed E-state index contributed by atoms with van der Waals surface area (Å²) in [6.45, 7) is 1.44. The van der Waals surface area contributed by atoms with Crippen LogP contribution >= 0.6 is 15.9 Å². The Morgan fingerprint density at radius 1 is 1.16 bits per heavy atom. The van der Waals surface area contributed by atoms with Gasteiger partial charge < -0.3 is 14.2 Å². The van der Waals surface area contributed by atoms with Crippen LogP contribution in [0.1, 0.15) is 6.42 Å². The Balaban J connectivity index is 1.44. The number of hydrogen-bond acceptors (Lipinski definition) is 4. The minimum Gasteiger partial charge on any atom is -0.469 e. The lowest BCUT2D eigenvalue weighted by Gasteiger charge is -2.91. The highest BCUT2D eigenvalue weighted by molar-refractivity contribution is 9.10. The summed E-state index contributed by atoms with van der Waals surface area (Å²) >= 11 is 4.01. The average molecular weight is 327 g/mol. The Kier molecular flexibility index (Phi) is 1.41. The van der Waals surface area contributed by atoms with Crippen molar-refractivity contribution in [1.82, 2.24) is 0 Å². The van der Waals surface area contributed by atoms with E-state index in [0.717, 1.165) is 19.1 Å². The van der Waals surface area contributed by atoms with E-state index in [1.165, 1.54) is 7.11 Å². The molecule has 19 heavy (non-hydrogen) atoms. The van der Waals surface area contributed by atoms with Crippen LogP contribution in [-0.4, -0.2) is 36.4 Å². The van der Waals surface area contributed by atoms with Crippen molar-refractivity contribution in [3.05, 3.63) is 0 Å². The molecule has 1 aliphatic heterocycles. The van der Waals surface area contributed by atoms with Gasteiger partial charge in [-0.3, -0.25) is 4.79 Å². The molecule has 4 unspecified atom stereocenters. The maximum absolute atomic E-state index is 11.7. The van der Waals surface area contributed by atoms with E-state index in [1.807, 2.05) is 0 Å². The molecular weight excluding hydrogens is 312 g/mol. The molecule has 0 aromatic carbocycles. The predicted molar refractivity (Wildman–Crippen MR) is 66.3 cm³/mol. The summed E-state index contributed by atoms with van der Waals surface area (Å²) in [4.78, 5) is 11.7. The van der Waals surface area contributed by atoms with E-state index in [0.29, 0.717) is 36.0 Å². The third kappa shape index (κ3) is 0.625. The summed E-state index contributed by atoms with van der Waals surface area (Å²) in [6, 6.07) is 0. The quantitative estimate of drug-likeness (QED) is 0.564. The lowest BCUT2D eigenvalue weighted by atomic mass is 9.13. The molecule has 0 N–H and O–H groups in total. The lowest BCUT2D eigenvalue weighted by Crippen LogP contribution is -2.92. The molecular formula is C14H15BrO4. The zero-order valence-corrected chi connectivity index (χ0v) is 12.2. The van der Waals surface area contributed by atoms with Crippen molar-refractivity contribution < 1.29 is 19.0 Å². The van der Waals surface area contributed by atoms with Gasteiger partial charge in [0.15, 0.2) is 5.79 Å². The number of rotatable bonds is 2. The molecule has 7 fully saturated rings. The lowest BCUT2D eigenvalue weighted by molar-refractivity contribution is -0.438. The second-order valence-electron chi connectivity index (χ2n) is 7.15. The van der Waals surface area contributed by atoms with Crippen LogP contribution in [0.4, 0.5) is 0 Å². The van der Waals surface area contributed by atoms with E-state index in [2.05, 4.69) is 15.9 Å². The Labute approximate surface area is 119 Å². The number of methoxy groups -OCH3 is 1. The van der Waals surface area contributed by atoms with Gasteiger partial charge in [0.2, 0.25) is 0 Å². The number of carbonyl (C=O) groups is 1. The molecule has 0 aromatic heterocycles. The Bertz CT molecular complexity index is 520. The van der Waals surface area contributed by atoms with E-state index in [4.69, 9.17) is 14.2 Å². The molecule has 6 saturated carbocycles. The second-order valence-corrected chi connectivity index (χ2v) is 8.46. The molecule has 7 aliphatic rings. The van der Waals surface area contributed by atoms with Crippen molar-refractivity contribution in [2.24, 2.45) is 40.9 Å². The van der Waals surface area contributed by atoms with E-state index < -0.39 is 0 Å². The van der Waals surface area contributed by atoms with Crippen molar-refractivity contribution in [3.8, 4) is 0 Å². The topological polar surface area (TPSA) is 44.8 Å². The zero-order chi connectivity index (χ0) is 12.8. The first-order chi connectivity index (χ1) is 9.14. The number of alkyl halides is 1. The molecule has 5 heteroatoms. The van der Waals surface area contributed by atoms with Gasteiger partial charge in [0.25, 0.3) is 0 Å². The van der Waals surface area contributed by atoms with Crippen molar-refractivity contribution in [2.75, 3.05) is 20.3 Å². The third-order valence-corrected chi connectivity index (χ3v) is 9.13. The summed E-state index contributed by atoms with van der Waals surface area (Å²) in [7, 11) is 1.49. The zero-order valence-electron chi connectivity index (χ0n) is 10.6. The fraction of sp³-hybridized carbons (Fsp3) is 0.929. The first-order valence-corrected chi connectivity index (χ1v) is 7.97. The summed E-state index contributed by atoms with van der Waals surface area (Å²) in [5.41, 5.74) is 0.267. The summed E-state index contributed by atoms with van der Waals surface area (Å²) in [5, 5.41) is 0. The molecule has 102 valence electrons. The van der Waals surface area contributed by atoms with Crippen LogP contribution in [0.2, 0.25) is 0 Å². The molecule has 4 nitrogen and oxygen atoms in total. The number of ether oxygens (including phenoxy) is 3. The SMILES string of the molecule is COC(=O)CC12C3[C@@H]4[C@H]1C1[C@H]2[C@H]3C4(Br)C12OCCO2. The molecule has 0 aromatic rings. The van der Waals surface area contributed by atoms with E-state index in [1.54, 1.807) is 0 Å². The Morgan fingerprint density at radius 2 is 1.74 bits per heavy atom. The molecule has 6 aliphatic carbocycles. The van der Waals surface area contributed by atoms with Gasteiger partial charge in [0.05, 0.1) is 31.1 Å². The predicted octanol–water partition coefficient (Wildman–Crippen LogP) is 1.18. The van der Waals surface area contributed by atoms with E-state index >= 15 is 0 Å². The van der Waals surface area contributed by atoms with Crippen LogP contribution in [-0.2, 0) is 19.0 Å². The van der Waals surface area contributed by atoms with Crippen molar-refractivity contribution >= 4 is 21.9 Å². The normalized spacial score (nSPS) is 66.8. The second kappa shape index (κ2) is 2.53. The van der Waals surface area contributed by atoms with E-state index in [9.17, 15) is 4.79 Å². The van der Waals surface area contributed by atoms with Crippen LogP contribution in [0.5, 0.6) is 0 Å². The van der Waals surface area contributed by atoms with Gasteiger partial charge in [-0.15, -0.1) is 0 Å². The highest BCUT2D eigenvalue weighted by Crippen LogP contribution is 3.05. The van der Waals surface area contributed by atoms with Crippen molar-refractivity contribution in [2.45, 2.75) is 16.5 Å². The number of carbonyl (C=O) groups excluding carboxylic acids is 1. The monoisotopic (exact) mass is 326 g/mol. The molecule has 1 saturated heterocycles. The molecule has 0 amide bonds. The molecule has 2 bridgehead atoms. The molecule has 8 atom stereocenters. The van der Waals surface area contributed by atoms with Gasteiger partial charge in [0, 0.05) is 5.92 Å². The molecule has 1 heterocycles. The van der Waals surface area contributed by atoms with Gasteiger partial charge in [-0.25, -0.2) is 0 Å². The van der Waals surface area contributed by atoms with Gasteiger partial charge in [-0.1, -0.05) is 15.9 Å². The van der Waals surface area contributed by atoms with Gasteiger partial charge in [-0.05, 0) is 35.0 Å². The first-order valence-electron chi connectivity index (χ1n) is 7.18. The Morgan fingerprint density at radius 3 is 2.32 bits per heavy atom. The highest BCUT2D eigenvalue weighted by Gasteiger charge is 3.08. The summed E-state index contributed by atoms with van der Waals surface area (Å²) in [5.74, 6) is 3.47.